The average molecular weight is 449 g/mol. The lowest BCUT2D eigenvalue weighted by Gasteiger charge is -2.24. The molecule has 3 aromatic rings. The topological polar surface area (TPSA) is 67.9 Å². The van der Waals surface area contributed by atoms with Crippen LogP contribution >= 0.6 is 11.8 Å². The quantitative estimate of drug-likeness (QED) is 0.543. The van der Waals surface area contributed by atoms with Gasteiger partial charge >= 0.3 is 0 Å². The molecule has 1 aliphatic rings. The van der Waals surface area contributed by atoms with Crippen LogP contribution in [-0.2, 0) is 4.79 Å². The highest BCUT2D eigenvalue weighted by atomic mass is 32.2. The molecule has 2 amide bonds. The monoisotopic (exact) mass is 448 g/mol. The number of carbonyl (C=O) groups is 2. The van der Waals surface area contributed by atoms with Crippen LogP contribution in [0.25, 0.3) is 0 Å². The Morgan fingerprint density at radius 3 is 2.28 bits per heavy atom. The molecular weight excluding hydrogens is 424 g/mol. The number of carbonyl (C=O) groups excluding carboxylic acids is 2. The van der Waals surface area contributed by atoms with E-state index in [2.05, 4.69) is 5.32 Å². The van der Waals surface area contributed by atoms with Crippen molar-refractivity contribution in [3.63, 3.8) is 0 Å². The second kappa shape index (κ2) is 9.78. The lowest BCUT2D eigenvalue weighted by molar-refractivity contribution is -0.115. The molecule has 1 aliphatic heterocycles. The van der Waals surface area contributed by atoms with Crippen molar-refractivity contribution >= 4 is 35.0 Å². The molecule has 1 heterocycles. The molecule has 7 heteroatoms. The Kier molecular flexibility index (Phi) is 6.66. The second-order valence-corrected chi connectivity index (χ2v) is 8.23. The highest BCUT2D eigenvalue weighted by molar-refractivity contribution is 8.00. The van der Waals surface area contributed by atoms with Crippen LogP contribution in [-0.4, -0.2) is 31.3 Å². The number of benzene rings is 3. The molecule has 0 aliphatic carbocycles. The predicted octanol–water partition coefficient (Wildman–Crippen LogP) is 5.12. The third kappa shape index (κ3) is 4.73. The zero-order chi connectivity index (χ0) is 22.5. The first-order valence-electron chi connectivity index (χ1n) is 10.3. The normalized spacial score (nSPS) is 15.5. The largest absolute Gasteiger partial charge is 0.497 e. The highest BCUT2D eigenvalue weighted by Crippen LogP contribution is 2.42. The number of ether oxygens (including phenoxy) is 2. The van der Waals surface area contributed by atoms with Crippen LogP contribution in [0.15, 0.2) is 72.8 Å². The number of hydrogen-bond donors (Lipinski definition) is 1. The maximum atomic E-state index is 12.6. The smallest absolute Gasteiger partial charge is 0.255 e. The number of anilines is 2. The maximum absolute atomic E-state index is 12.6. The molecule has 1 fully saturated rings. The first-order chi connectivity index (χ1) is 15.6. The molecule has 0 radical (unpaired) electrons. The summed E-state index contributed by atoms with van der Waals surface area (Å²) in [5, 5.41) is 2.78. The van der Waals surface area contributed by atoms with Crippen molar-refractivity contribution in [3.05, 3.63) is 83.9 Å². The van der Waals surface area contributed by atoms with Gasteiger partial charge in [-0.15, -0.1) is 11.8 Å². The van der Waals surface area contributed by atoms with Gasteiger partial charge in [0.05, 0.1) is 19.5 Å². The van der Waals surface area contributed by atoms with E-state index in [0.717, 1.165) is 17.0 Å². The number of nitrogens with zero attached hydrogens (tertiary/aromatic N) is 1. The first kappa shape index (κ1) is 21.8. The lowest BCUT2D eigenvalue weighted by Crippen LogP contribution is -2.27. The molecule has 1 saturated heterocycles. The summed E-state index contributed by atoms with van der Waals surface area (Å²) in [7, 11) is 1.59. The fraction of sp³-hybridized carbons (Fsp3) is 0.200. The molecule has 0 saturated carbocycles. The van der Waals surface area contributed by atoms with Gasteiger partial charge in [0, 0.05) is 16.9 Å². The van der Waals surface area contributed by atoms with Gasteiger partial charge in [-0.3, -0.25) is 14.5 Å². The fourth-order valence-electron chi connectivity index (χ4n) is 3.50. The Labute approximate surface area is 191 Å². The highest BCUT2D eigenvalue weighted by Gasteiger charge is 2.34. The number of rotatable bonds is 7. The van der Waals surface area contributed by atoms with E-state index in [9.17, 15) is 9.59 Å². The van der Waals surface area contributed by atoms with Crippen molar-refractivity contribution in [2.75, 3.05) is 29.7 Å². The SMILES string of the molecule is CCOc1ccc(N2C(=O)CS[C@H]2c2ccc(NC(=O)c3ccc(OC)cc3)cc2)cc1. The van der Waals surface area contributed by atoms with E-state index in [1.165, 1.54) is 0 Å². The first-order valence-corrected chi connectivity index (χ1v) is 11.4. The third-order valence-corrected chi connectivity index (χ3v) is 6.31. The van der Waals surface area contributed by atoms with Crippen LogP contribution < -0.4 is 19.7 Å². The number of methoxy groups -OCH3 is 1. The van der Waals surface area contributed by atoms with Crippen molar-refractivity contribution in [2.24, 2.45) is 0 Å². The van der Waals surface area contributed by atoms with Gasteiger partial charge in [-0.25, -0.2) is 0 Å². The molecule has 32 heavy (non-hydrogen) atoms. The van der Waals surface area contributed by atoms with Crippen LogP contribution in [0, 0.1) is 0 Å². The summed E-state index contributed by atoms with van der Waals surface area (Å²) < 4.78 is 10.6. The average Bonchev–Trinajstić information content (AvgIpc) is 3.21. The Bertz CT molecular complexity index is 1080. The van der Waals surface area contributed by atoms with E-state index in [0.29, 0.717) is 29.4 Å². The molecule has 0 spiro atoms. The third-order valence-electron chi connectivity index (χ3n) is 5.10. The van der Waals surface area contributed by atoms with Gasteiger partial charge in [0.1, 0.15) is 16.9 Å². The standard InChI is InChI=1S/C25H24N2O4S/c1-3-31-22-14-10-20(11-15-22)27-23(28)16-32-25(27)18-4-8-19(9-5-18)26-24(29)17-6-12-21(30-2)13-7-17/h4-15,25H,3,16H2,1-2H3,(H,26,29)/t25-/m0/s1. The molecule has 4 rings (SSSR count). The molecule has 1 N–H and O–H groups in total. The summed E-state index contributed by atoms with van der Waals surface area (Å²) in [4.78, 5) is 26.9. The summed E-state index contributed by atoms with van der Waals surface area (Å²) in [5.74, 6) is 1.78. The van der Waals surface area contributed by atoms with E-state index in [-0.39, 0.29) is 17.2 Å². The number of nitrogens with one attached hydrogen (secondary N) is 1. The van der Waals surface area contributed by atoms with Crippen LogP contribution in [0.2, 0.25) is 0 Å². The molecular formula is C25H24N2O4S. The van der Waals surface area contributed by atoms with Gasteiger partial charge in [0.2, 0.25) is 5.91 Å². The predicted molar refractivity (Wildman–Crippen MR) is 128 cm³/mol. The van der Waals surface area contributed by atoms with Crippen molar-refractivity contribution in [2.45, 2.75) is 12.3 Å². The minimum Gasteiger partial charge on any atom is -0.497 e. The molecule has 164 valence electrons. The maximum Gasteiger partial charge on any atom is 0.255 e. The number of thioether (sulfide) groups is 1. The minimum atomic E-state index is -0.193. The zero-order valence-corrected chi connectivity index (χ0v) is 18.7. The van der Waals surface area contributed by atoms with Crippen LogP contribution in [0.4, 0.5) is 11.4 Å². The summed E-state index contributed by atoms with van der Waals surface area (Å²) >= 11 is 1.59. The minimum absolute atomic E-state index is 0.0704. The Morgan fingerprint density at radius 2 is 1.66 bits per heavy atom. The van der Waals surface area contributed by atoms with Gasteiger partial charge < -0.3 is 14.8 Å². The molecule has 3 aromatic carbocycles. The van der Waals surface area contributed by atoms with E-state index in [1.807, 2.05) is 60.4 Å². The summed E-state index contributed by atoms with van der Waals surface area (Å²) in [6.45, 7) is 2.54. The summed E-state index contributed by atoms with van der Waals surface area (Å²) in [6.07, 6.45) is 0. The van der Waals surface area contributed by atoms with Gasteiger partial charge in [-0.2, -0.15) is 0 Å². The molecule has 0 unspecified atom stereocenters. The van der Waals surface area contributed by atoms with Gasteiger partial charge in [-0.05, 0) is 73.2 Å². The molecule has 0 aromatic heterocycles. The molecule has 1 atom stereocenters. The van der Waals surface area contributed by atoms with E-state index >= 15 is 0 Å². The number of amides is 2. The van der Waals surface area contributed by atoms with Crippen LogP contribution in [0.1, 0.15) is 28.2 Å². The fourth-order valence-corrected chi connectivity index (χ4v) is 4.67. The zero-order valence-electron chi connectivity index (χ0n) is 17.9. The summed E-state index contributed by atoms with van der Waals surface area (Å²) in [5.41, 5.74) is 3.08. The van der Waals surface area contributed by atoms with Crippen LogP contribution in [0.5, 0.6) is 11.5 Å². The lowest BCUT2D eigenvalue weighted by atomic mass is 10.1. The van der Waals surface area contributed by atoms with Gasteiger partial charge in [0.15, 0.2) is 0 Å². The van der Waals surface area contributed by atoms with Crippen molar-refractivity contribution in [3.8, 4) is 11.5 Å². The van der Waals surface area contributed by atoms with Crippen LogP contribution in [0.3, 0.4) is 0 Å². The van der Waals surface area contributed by atoms with Crippen molar-refractivity contribution in [1.82, 2.24) is 0 Å². The van der Waals surface area contributed by atoms with E-state index in [1.54, 1.807) is 43.1 Å². The summed E-state index contributed by atoms with van der Waals surface area (Å²) in [6, 6.07) is 22.1. The molecule has 6 nitrogen and oxygen atoms in total. The number of hydrogen-bond acceptors (Lipinski definition) is 5. The van der Waals surface area contributed by atoms with Gasteiger partial charge in [-0.1, -0.05) is 12.1 Å². The van der Waals surface area contributed by atoms with Gasteiger partial charge in [0.25, 0.3) is 5.91 Å². The van der Waals surface area contributed by atoms with E-state index < -0.39 is 0 Å². The van der Waals surface area contributed by atoms with Crippen molar-refractivity contribution in [1.29, 1.82) is 0 Å². The Hall–Kier alpha value is -3.45. The molecule has 0 bridgehead atoms. The Balaban J connectivity index is 1.47. The second-order valence-electron chi connectivity index (χ2n) is 7.16. The Morgan fingerprint density at radius 1 is 1.00 bits per heavy atom. The van der Waals surface area contributed by atoms with Crippen molar-refractivity contribution < 1.29 is 19.1 Å². The van der Waals surface area contributed by atoms with E-state index in [4.69, 9.17) is 9.47 Å².